The molecule has 0 bridgehead atoms. The average Bonchev–Trinajstić information content (AvgIpc) is 3.49. The van der Waals surface area contributed by atoms with Crippen LogP contribution in [0, 0.1) is 5.92 Å². The zero-order valence-electron chi connectivity index (χ0n) is 19.6. The first-order chi connectivity index (χ1) is 16.5. The molecular formula is C22H32N4O9. The molecule has 0 spiro atoms. The van der Waals surface area contributed by atoms with E-state index in [0.717, 1.165) is 37.6 Å². The van der Waals surface area contributed by atoms with Gasteiger partial charge in [-0.05, 0) is 25.7 Å². The minimum Gasteiger partial charge on any atom is -0.481 e. The third-order valence-electron chi connectivity index (χ3n) is 5.93. The lowest BCUT2D eigenvalue weighted by atomic mass is 9.96. The van der Waals surface area contributed by atoms with Crippen LogP contribution in [-0.2, 0) is 20.8 Å². The summed E-state index contributed by atoms with van der Waals surface area (Å²) in [6.45, 7) is 5.51. The van der Waals surface area contributed by atoms with Gasteiger partial charge in [0.25, 0.3) is 5.91 Å². The van der Waals surface area contributed by atoms with Crippen LogP contribution in [0.5, 0.6) is 0 Å². The van der Waals surface area contributed by atoms with Crippen molar-refractivity contribution in [3.8, 4) is 0 Å². The topological polar surface area (TPSA) is 202 Å². The molecule has 3 rings (SSSR count). The van der Waals surface area contributed by atoms with Crippen LogP contribution < -0.4 is 4.90 Å². The van der Waals surface area contributed by atoms with Crippen molar-refractivity contribution in [2.45, 2.75) is 51.0 Å². The number of likely N-dealkylation sites (tertiary alicyclic amines) is 1. The fraction of sp³-hybridized carbons (Fsp3) is 0.636. The van der Waals surface area contributed by atoms with E-state index in [2.05, 4.69) is 14.9 Å². The number of aliphatic hydroxyl groups is 2. The van der Waals surface area contributed by atoms with Crippen molar-refractivity contribution in [2.24, 2.45) is 5.92 Å². The van der Waals surface area contributed by atoms with E-state index in [-0.39, 0.29) is 18.4 Å². The van der Waals surface area contributed by atoms with E-state index >= 15 is 0 Å². The molecule has 0 aliphatic carbocycles. The summed E-state index contributed by atoms with van der Waals surface area (Å²) in [5.41, 5.74) is -1.30. The van der Waals surface area contributed by atoms with Gasteiger partial charge in [-0.2, -0.15) is 0 Å². The number of hydrogen-bond acceptors (Lipinski definition) is 9. The van der Waals surface area contributed by atoms with Crippen molar-refractivity contribution in [3.63, 3.8) is 0 Å². The van der Waals surface area contributed by atoms with E-state index in [1.807, 2.05) is 11.8 Å². The summed E-state index contributed by atoms with van der Waals surface area (Å²) in [6, 6.07) is 0. The van der Waals surface area contributed by atoms with Gasteiger partial charge in [-0.15, -0.1) is 0 Å². The predicted octanol–water partition coefficient (Wildman–Crippen LogP) is -0.155. The average molecular weight is 497 g/mol. The first kappa shape index (κ1) is 27.9. The number of aliphatic hydroxyl groups excluding tert-OH is 1. The second-order valence-corrected chi connectivity index (χ2v) is 8.64. The molecule has 5 N–H and O–H groups in total. The molecule has 3 heterocycles. The number of rotatable bonds is 9. The highest BCUT2D eigenvalue weighted by Gasteiger charge is 2.40. The number of aryl methyl sites for hydroxylation is 1. The van der Waals surface area contributed by atoms with E-state index in [0.29, 0.717) is 18.7 Å². The summed E-state index contributed by atoms with van der Waals surface area (Å²) in [6.07, 6.45) is 3.36. The van der Waals surface area contributed by atoms with Gasteiger partial charge in [0.2, 0.25) is 5.95 Å². The Hall–Kier alpha value is -3.32. The number of carbonyl (C=O) groups is 4. The van der Waals surface area contributed by atoms with E-state index < -0.39 is 36.4 Å². The number of carboxylic acids is 3. The number of aromatic nitrogens is 2. The molecule has 13 heteroatoms. The molecule has 0 saturated carbocycles. The number of anilines is 1. The number of nitrogens with zero attached hydrogens (tertiary/aromatic N) is 4. The Bertz CT molecular complexity index is 918. The van der Waals surface area contributed by atoms with Crippen LogP contribution in [0.1, 0.15) is 55.1 Å². The first-order valence-electron chi connectivity index (χ1n) is 11.4. The van der Waals surface area contributed by atoms with Gasteiger partial charge >= 0.3 is 17.9 Å². The molecule has 1 aromatic rings. The molecule has 13 nitrogen and oxygen atoms in total. The Kier molecular flexibility index (Phi) is 9.89. The smallest absolute Gasteiger partial charge is 0.336 e. The summed E-state index contributed by atoms with van der Waals surface area (Å²) in [7, 11) is 0. The number of aliphatic carboxylic acids is 3. The van der Waals surface area contributed by atoms with Crippen molar-refractivity contribution in [3.05, 3.63) is 17.5 Å². The molecule has 1 aromatic heterocycles. The molecule has 2 saturated heterocycles. The summed E-state index contributed by atoms with van der Waals surface area (Å²) in [5.74, 6) is -4.06. The van der Waals surface area contributed by atoms with Gasteiger partial charge in [0.1, 0.15) is 0 Å². The minimum absolute atomic E-state index is 0.000715. The minimum atomic E-state index is -2.74. The van der Waals surface area contributed by atoms with Crippen LogP contribution in [0.4, 0.5) is 5.95 Å². The van der Waals surface area contributed by atoms with Crippen LogP contribution in [0.3, 0.4) is 0 Å². The molecule has 1 unspecified atom stereocenters. The number of carbonyl (C=O) groups excluding carboxylic acids is 1. The van der Waals surface area contributed by atoms with Gasteiger partial charge in [-0.3, -0.25) is 14.4 Å². The van der Waals surface area contributed by atoms with Crippen molar-refractivity contribution < 1.29 is 44.7 Å². The van der Waals surface area contributed by atoms with Gasteiger partial charge in [-0.1, -0.05) is 6.92 Å². The molecule has 1 atom stereocenters. The van der Waals surface area contributed by atoms with Gasteiger partial charge in [0, 0.05) is 44.9 Å². The second-order valence-electron chi connectivity index (χ2n) is 8.64. The molecular weight excluding hydrogens is 464 g/mol. The Morgan fingerprint density at radius 2 is 1.66 bits per heavy atom. The second kappa shape index (κ2) is 12.4. The summed E-state index contributed by atoms with van der Waals surface area (Å²) < 4.78 is 0. The van der Waals surface area contributed by atoms with Crippen molar-refractivity contribution in [2.75, 3.05) is 37.7 Å². The maximum atomic E-state index is 12.7. The van der Waals surface area contributed by atoms with Crippen LogP contribution >= 0.6 is 0 Å². The van der Waals surface area contributed by atoms with E-state index in [4.69, 9.17) is 20.4 Å². The SMILES string of the molecule is CCc1nc(N2CCCC2)ncc1C(=O)N1CCC(CO)C1.O=C(O)CC(O)(CC(=O)O)C(=O)O. The lowest BCUT2D eigenvalue weighted by Crippen LogP contribution is -2.42. The monoisotopic (exact) mass is 496 g/mol. The normalized spacial score (nSPS) is 17.6. The quantitative estimate of drug-likeness (QED) is 0.303. The largest absolute Gasteiger partial charge is 0.481 e. The first-order valence-corrected chi connectivity index (χ1v) is 11.4. The maximum absolute atomic E-state index is 12.7. The summed E-state index contributed by atoms with van der Waals surface area (Å²) >= 11 is 0. The van der Waals surface area contributed by atoms with E-state index in [1.54, 1.807) is 6.20 Å². The Morgan fingerprint density at radius 3 is 2.11 bits per heavy atom. The predicted molar refractivity (Wildman–Crippen MR) is 121 cm³/mol. The molecule has 0 aromatic carbocycles. The molecule has 2 aliphatic heterocycles. The molecule has 1 amide bonds. The van der Waals surface area contributed by atoms with Crippen molar-refractivity contribution in [1.82, 2.24) is 14.9 Å². The lowest BCUT2D eigenvalue weighted by Gasteiger charge is -2.20. The van der Waals surface area contributed by atoms with Crippen molar-refractivity contribution >= 4 is 29.8 Å². The third kappa shape index (κ3) is 7.59. The van der Waals surface area contributed by atoms with Gasteiger partial charge in [-0.25, -0.2) is 14.8 Å². The summed E-state index contributed by atoms with van der Waals surface area (Å²) in [5, 5.41) is 43.0. The van der Waals surface area contributed by atoms with Gasteiger partial charge < -0.3 is 35.3 Å². The van der Waals surface area contributed by atoms with Crippen LogP contribution in [0.25, 0.3) is 0 Å². The standard InChI is InChI=1S/C16H24N4O2.C6H8O7/c1-2-14-13(15(22)20-8-5-12(10-20)11-21)9-17-16(18-14)19-6-3-4-7-19;7-3(8)1-6(13,5(11)12)2-4(9)10/h9,12,21H,2-8,10-11H2,1H3;13H,1-2H2,(H,7,8)(H,9,10)(H,11,12). The van der Waals surface area contributed by atoms with Crippen LogP contribution in [0.2, 0.25) is 0 Å². The third-order valence-corrected chi connectivity index (χ3v) is 5.93. The number of amides is 1. The Labute approximate surface area is 202 Å². The Balaban J connectivity index is 0.000000287. The lowest BCUT2D eigenvalue weighted by molar-refractivity contribution is -0.170. The fourth-order valence-corrected chi connectivity index (χ4v) is 3.97. The zero-order valence-corrected chi connectivity index (χ0v) is 19.6. The van der Waals surface area contributed by atoms with Gasteiger partial charge in [0.05, 0.1) is 24.1 Å². The molecule has 2 aliphatic rings. The highest BCUT2D eigenvalue weighted by Crippen LogP contribution is 2.22. The highest BCUT2D eigenvalue weighted by atomic mass is 16.4. The van der Waals surface area contributed by atoms with Crippen molar-refractivity contribution in [1.29, 1.82) is 0 Å². The maximum Gasteiger partial charge on any atom is 0.336 e. The molecule has 35 heavy (non-hydrogen) atoms. The summed E-state index contributed by atoms with van der Waals surface area (Å²) in [4.78, 5) is 56.2. The molecule has 194 valence electrons. The molecule has 0 radical (unpaired) electrons. The zero-order chi connectivity index (χ0) is 26.2. The van der Waals surface area contributed by atoms with E-state index in [9.17, 15) is 24.3 Å². The van der Waals surface area contributed by atoms with Gasteiger partial charge in [0.15, 0.2) is 5.60 Å². The number of carboxylic acid groups (broad SMARTS) is 3. The number of hydrogen-bond donors (Lipinski definition) is 5. The van der Waals surface area contributed by atoms with E-state index in [1.165, 1.54) is 12.8 Å². The fourth-order valence-electron chi connectivity index (χ4n) is 3.97. The molecule has 2 fully saturated rings. The Morgan fingerprint density at radius 1 is 1.06 bits per heavy atom. The van der Waals surface area contributed by atoms with Crippen LogP contribution in [0.15, 0.2) is 6.20 Å². The highest BCUT2D eigenvalue weighted by molar-refractivity contribution is 5.95. The van der Waals surface area contributed by atoms with Crippen LogP contribution in [-0.4, -0.2) is 103 Å².